The summed E-state index contributed by atoms with van der Waals surface area (Å²) in [6.07, 6.45) is 2.73. The molecule has 1 atom stereocenters. The van der Waals surface area contributed by atoms with Gasteiger partial charge in [0.05, 0.1) is 17.0 Å². The Morgan fingerprint density at radius 1 is 0.969 bits per heavy atom. The van der Waals surface area contributed by atoms with E-state index in [2.05, 4.69) is 12.1 Å². The van der Waals surface area contributed by atoms with Crippen molar-refractivity contribution in [2.24, 2.45) is 0 Å². The van der Waals surface area contributed by atoms with Gasteiger partial charge in [0.15, 0.2) is 5.43 Å². The number of carbonyl (C=O) groups is 1. The first-order valence-corrected chi connectivity index (χ1v) is 11.9. The van der Waals surface area contributed by atoms with Gasteiger partial charge in [-0.05, 0) is 55.0 Å². The molecular weight excluding hydrogens is 418 g/mol. The van der Waals surface area contributed by atoms with Gasteiger partial charge in [-0.25, -0.2) is 0 Å². The monoisotopic (exact) mass is 441 g/mol. The number of benzene rings is 3. The van der Waals surface area contributed by atoms with Crippen LogP contribution in [0.5, 0.6) is 0 Å². The molecule has 1 aliphatic heterocycles. The van der Waals surface area contributed by atoms with Crippen LogP contribution in [0.25, 0.3) is 11.0 Å². The lowest BCUT2D eigenvalue weighted by Crippen LogP contribution is -2.31. The van der Waals surface area contributed by atoms with Crippen molar-refractivity contribution in [2.75, 3.05) is 12.8 Å². The fourth-order valence-corrected chi connectivity index (χ4v) is 4.80. The topological polar surface area (TPSA) is 50.5 Å². The third-order valence-corrected chi connectivity index (χ3v) is 6.78. The van der Waals surface area contributed by atoms with Crippen molar-refractivity contribution in [3.8, 4) is 0 Å². The van der Waals surface area contributed by atoms with Crippen molar-refractivity contribution < 1.29 is 9.21 Å². The number of thioether (sulfide) groups is 1. The maximum Gasteiger partial charge on any atom is 0.290 e. The smallest absolute Gasteiger partial charge is 0.290 e. The van der Waals surface area contributed by atoms with Crippen LogP contribution >= 0.6 is 11.8 Å². The molecule has 0 saturated heterocycles. The van der Waals surface area contributed by atoms with Gasteiger partial charge in [-0.3, -0.25) is 9.59 Å². The second-order valence-electron chi connectivity index (χ2n) is 8.08. The van der Waals surface area contributed by atoms with Crippen LogP contribution in [0.15, 0.2) is 86.9 Å². The summed E-state index contributed by atoms with van der Waals surface area (Å²) >= 11 is 1.66. The average molecular weight is 442 g/mol. The van der Waals surface area contributed by atoms with Crippen LogP contribution in [0.3, 0.4) is 0 Å². The molecule has 1 amide bonds. The van der Waals surface area contributed by atoms with Gasteiger partial charge in [-0.15, -0.1) is 11.8 Å². The van der Waals surface area contributed by atoms with Crippen molar-refractivity contribution in [1.82, 2.24) is 4.90 Å². The van der Waals surface area contributed by atoms with Crippen molar-refractivity contribution in [3.63, 3.8) is 0 Å². The van der Waals surface area contributed by atoms with Gasteiger partial charge in [0.2, 0.25) is 5.76 Å². The van der Waals surface area contributed by atoms with Gasteiger partial charge in [0.25, 0.3) is 5.91 Å². The molecule has 32 heavy (non-hydrogen) atoms. The molecule has 0 radical (unpaired) electrons. The van der Waals surface area contributed by atoms with E-state index in [4.69, 9.17) is 4.42 Å². The average Bonchev–Trinajstić information content (AvgIpc) is 3.10. The zero-order valence-electron chi connectivity index (χ0n) is 18.0. The minimum absolute atomic E-state index is 0.126. The highest BCUT2D eigenvalue weighted by Gasteiger charge is 2.42. The molecule has 160 valence electrons. The number of fused-ring (bicyclic) bond motifs is 2. The Bertz CT molecular complexity index is 1360. The second-order valence-corrected chi connectivity index (χ2v) is 8.96. The summed E-state index contributed by atoms with van der Waals surface area (Å²) in [5.74, 6) is -0.0622. The summed E-state index contributed by atoms with van der Waals surface area (Å²) in [5, 5.41) is 0.521. The molecule has 1 aliphatic rings. The molecule has 5 rings (SSSR count). The Morgan fingerprint density at radius 3 is 2.44 bits per heavy atom. The third kappa shape index (κ3) is 3.53. The minimum atomic E-state index is -0.460. The highest BCUT2D eigenvalue weighted by Crippen LogP contribution is 2.38. The molecule has 1 aromatic heterocycles. The summed E-state index contributed by atoms with van der Waals surface area (Å²) < 4.78 is 6.04. The normalized spacial score (nSPS) is 15.4. The first-order valence-electron chi connectivity index (χ1n) is 10.6. The Labute approximate surface area is 190 Å². The fraction of sp³-hybridized carbons (Fsp3) is 0.185. The van der Waals surface area contributed by atoms with Gasteiger partial charge >= 0.3 is 0 Å². The van der Waals surface area contributed by atoms with E-state index in [-0.39, 0.29) is 17.1 Å². The molecular formula is C27H23NO3S. The van der Waals surface area contributed by atoms with Crippen LogP contribution in [-0.4, -0.2) is 23.6 Å². The first kappa shape index (κ1) is 20.6. The number of amides is 1. The molecule has 0 aliphatic carbocycles. The van der Waals surface area contributed by atoms with Crippen molar-refractivity contribution in [2.45, 2.75) is 24.3 Å². The number of hydrogen-bond acceptors (Lipinski definition) is 4. The van der Waals surface area contributed by atoms with E-state index < -0.39 is 6.04 Å². The predicted molar refractivity (Wildman–Crippen MR) is 128 cm³/mol. The highest BCUT2D eigenvalue weighted by molar-refractivity contribution is 7.98. The van der Waals surface area contributed by atoms with E-state index in [1.807, 2.05) is 67.8 Å². The molecule has 4 aromatic rings. The Hall–Kier alpha value is -3.31. The summed E-state index contributed by atoms with van der Waals surface area (Å²) in [6, 6.07) is 23.2. The van der Waals surface area contributed by atoms with E-state index in [0.29, 0.717) is 29.5 Å². The van der Waals surface area contributed by atoms with E-state index in [1.165, 1.54) is 0 Å². The molecule has 0 spiro atoms. The number of aryl methyl sites for hydroxylation is 1. The van der Waals surface area contributed by atoms with Crippen LogP contribution in [0.1, 0.15) is 38.9 Å². The zero-order valence-corrected chi connectivity index (χ0v) is 18.8. The Morgan fingerprint density at radius 2 is 1.72 bits per heavy atom. The van der Waals surface area contributed by atoms with Gasteiger partial charge in [-0.2, -0.15) is 0 Å². The Kier molecular flexibility index (Phi) is 5.35. The summed E-state index contributed by atoms with van der Waals surface area (Å²) in [6.45, 7) is 2.44. The van der Waals surface area contributed by atoms with E-state index in [0.717, 1.165) is 21.6 Å². The number of carbonyl (C=O) groups excluding carboxylic acids is 1. The van der Waals surface area contributed by atoms with Gasteiger partial charge in [0, 0.05) is 11.4 Å². The van der Waals surface area contributed by atoms with E-state index in [9.17, 15) is 9.59 Å². The zero-order chi connectivity index (χ0) is 22.2. The largest absolute Gasteiger partial charge is 0.450 e. The Balaban J connectivity index is 1.65. The lowest BCUT2D eigenvalue weighted by Gasteiger charge is -2.25. The maximum absolute atomic E-state index is 13.6. The maximum atomic E-state index is 13.6. The quantitative estimate of drug-likeness (QED) is 0.378. The molecule has 0 bridgehead atoms. The number of rotatable bonds is 5. The molecule has 5 heteroatoms. The van der Waals surface area contributed by atoms with E-state index in [1.54, 1.807) is 22.7 Å². The molecule has 3 aromatic carbocycles. The highest BCUT2D eigenvalue weighted by atomic mass is 32.2. The van der Waals surface area contributed by atoms with Crippen LogP contribution in [-0.2, 0) is 6.42 Å². The molecule has 0 fully saturated rings. The second kappa shape index (κ2) is 8.32. The van der Waals surface area contributed by atoms with Gasteiger partial charge < -0.3 is 9.32 Å². The van der Waals surface area contributed by atoms with Crippen LogP contribution in [0.4, 0.5) is 0 Å². The van der Waals surface area contributed by atoms with Crippen LogP contribution in [0.2, 0.25) is 0 Å². The molecule has 0 N–H and O–H groups in total. The summed E-state index contributed by atoms with van der Waals surface area (Å²) in [5.41, 5.74) is 3.82. The SMILES string of the molecule is CSc1ccc([C@H]2c3c(oc4ccc(C)cc4c3=O)C(=O)N2CCc2ccccc2)cc1. The van der Waals surface area contributed by atoms with Crippen molar-refractivity contribution >= 4 is 28.6 Å². The lowest BCUT2D eigenvalue weighted by molar-refractivity contribution is 0.0730. The third-order valence-electron chi connectivity index (χ3n) is 6.04. The number of nitrogens with zero attached hydrogens (tertiary/aromatic N) is 1. The summed E-state index contributed by atoms with van der Waals surface area (Å²) in [7, 11) is 0. The fourth-order valence-electron chi connectivity index (χ4n) is 4.39. The predicted octanol–water partition coefficient (Wildman–Crippen LogP) is 5.61. The molecule has 2 heterocycles. The van der Waals surface area contributed by atoms with Crippen molar-refractivity contribution in [1.29, 1.82) is 0 Å². The van der Waals surface area contributed by atoms with Crippen molar-refractivity contribution in [3.05, 3.63) is 111 Å². The standard InChI is InChI=1S/C27H23NO3S/c1-17-8-13-22-21(16-17)25(29)23-24(19-9-11-20(32-2)12-10-19)28(27(30)26(23)31-22)15-14-18-6-4-3-5-7-18/h3-13,16,24H,14-15H2,1-2H3/t24-/m0/s1. The van der Waals surface area contributed by atoms with Gasteiger partial charge in [-0.1, -0.05) is 54.1 Å². The number of hydrogen-bond donors (Lipinski definition) is 0. The first-order chi connectivity index (χ1) is 15.6. The molecule has 4 nitrogen and oxygen atoms in total. The van der Waals surface area contributed by atoms with Gasteiger partial charge in [0.1, 0.15) is 5.58 Å². The summed E-state index contributed by atoms with van der Waals surface area (Å²) in [4.78, 5) is 30.0. The van der Waals surface area contributed by atoms with E-state index >= 15 is 0 Å². The van der Waals surface area contributed by atoms with Crippen LogP contribution < -0.4 is 5.43 Å². The lowest BCUT2D eigenvalue weighted by atomic mass is 9.98. The molecule has 0 unspecified atom stereocenters. The molecule has 0 saturated carbocycles. The van der Waals surface area contributed by atoms with Crippen LogP contribution in [0, 0.1) is 6.92 Å². The minimum Gasteiger partial charge on any atom is -0.450 e.